The summed E-state index contributed by atoms with van der Waals surface area (Å²) < 4.78 is 5.53. The van der Waals surface area contributed by atoms with Gasteiger partial charge in [0.25, 0.3) is 0 Å². The van der Waals surface area contributed by atoms with E-state index in [1.807, 2.05) is 28.0 Å². The number of nitrogens with one attached hydrogen (secondary N) is 1. The normalized spacial score (nSPS) is 27.9. The van der Waals surface area contributed by atoms with Gasteiger partial charge >= 0.3 is 6.03 Å². The second-order valence-corrected chi connectivity index (χ2v) is 6.55. The summed E-state index contributed by atoms with van der Waals surface area (Å²) in [4.78, 5) is 27.8. The molecule has 1 aromatic rings. The van der Waals surface area contributed by atoms with Crippen LogP contribution in [-0.4, -0.2) is 66.7 Å². The van der Waals surface area contributed by atoms with Crippen LogP contribution in [0.4, 0.5) is 4.79 Å². The van der Waals surface area contributed by atoms with Gasteiger partial charge in [0.2, 0.25) is 5.91 Å². The topological polar surface area (TPSA) is 61.9 Å². The van der Waals surface area contributed by atoms with Gasteiger partial charge < -0.3 is 19.9 Å². The lowest BCUT2D eigenvalue weighted by Gasteiger charge is -2.46. The van der Waals surface area contributed by atoms with Gasteiger partial charge in [0.1, 0.15) is 6.61 Å². The average molecular weight is 315 g/mol. The largest absolute Gasteiger partial charge is 0.366 e. The lowest BCUT2D eigenvalue weighted by Crippen LogP contribution is -2.63. The first kappa shape index (κ1) is 14.5. The zero-order chi connectivity index (χ0) is 15.8. The Morgan fingerprint density at radius 3 is 2.70 bits per heavy atom. The molecule has 4 rings (SSSR count). The maximum absolute atomic E-state index is 12.6. The van der Waals surface area contributed by atoms with Crippen LogP contribution in [0.15, 0.2) is 30.3 Å². The Labute approximate surface area is 135 Å². The molecule has 3 saturated heterocycles. The van der Waals surface area contributed by atoms with Crippen molar-refractivity contribution >= 4 is 11.9 Å². The fraction of sp³-hybridized carbons (Fsp3) is 0.529. The van der Waals surface area contributed by atoms with E-state index in [-0.39, 0.29) is 30.7 Å². The number of fused-ring (bicyclic) bond motifs is 1. The third-order valence-electron chi connectivity index (χ3n) is 5.02. The summed E-state index contributed by atoms with van der Waals surface area (Å²) in [6.07, 6.45) is 0.831. The number of ether oxygens (including phenoxy) is 1. The van der Waals surface area contributed by atoms with Crippen LogP contribution in [-0.2, 0) is 9.53 Å². The molecule has 0 aromatic heterocycles. The molecular weight excluding hydrogens is 294 g/mol. The monoisotopic (exact) mass is 315 g/mol. The van der Waals surface area contributed by atoms with Gasteiger partial charge in [-0.25, -0.2) is 4.79 Å². The van der Waals surface area contributed by atoms with Gasteiger partial charge in [-0.05, 0) is 12.0 Å². The lowest BCUT2D eigenvalue weighted by atomic mass is 9.91. The molecule has 122 valence electrons. The van der Waals surface area contributed by atoms with Crippen molar-refractivity contribution in [2.24, 2.45) is 0 Å². The molecule has 0 spiro atoms. The zero-order valence-electron chi connectivity index (χ0n) is 13.0. The molecule has 0 bridgehead atoms. The highest BCUT2D eigenvalue weighted by Gasteiger charge is 2.40. The number of hydrogen-bond acceptors (Lipinski definition) is 3. The van der Waals surface area contributed by atoms with E-state index in [1.54, 1.807) is 0 Å². The number of rotatable bonds is 1. The smallest absolute Gasteiger partial charge is 0.320 e. The van der Waals surface area contributed by atoms with E-state index < -0.39 is 0 Å². The predicted molar refractivity (Wildman–Crippen MR) is 84.0 cm³/mol. The zero-order valence-corrected chi connectivity index (χ0v) is 13.0. The van der Waals surface area contributed by atoms with Crippen molar-refractivity contribution in [3.63, 3.8) is 0 Å². The highest BCUT2D eigenvalue weighted by molar-refractivity contribution is 5.79. The maximum atomic E-state index is 12.6. The molecule has 23 heavy (non-hydrogen) atoms. The van der Waals surface area contributed by atoms with Crippen LogP contribution in [0.25, 0.3) is 0 Å². The van der Waals surface area contributed by atoms with Crippen LogP contribution in [0.1, 0.15) is 17.9 Å². The number of morpholine rings is 1. The molecule has 3 aliphatic rings. The number of likely N-dealkylation sites (tertiary alicyclic amines) is 2. The minimum Gasteiger partial charge on any atom is -0.366 e. The van der Waals surface area contributed by atoms with Crippen molar-refractivity contribution in [2.75, 3.05) is 32.8 Å². The standard InChI is InChI=1S/C17H21N3O3/c21-16-11-23-15-6-7-19(10-14(15)18-16)17(22)20-8-13(9-20)12-4-2-1-3-5-12/h1-5,13-15H,6-11H2,(H,18,21)/t14-,15+/m1/s1. The first-order valence-corrected chi connectivity index (χ1v) is 8.20. The van der Waals surface area contributed by atoms with Gasteiger partial charge in [-0.2, -0.15) is 0 Å². The van der Waals surface area contributed by atoms with E-state index in [4.69, 9.17) is 4.74 Å². The molecule has 3 heterocycles. The SMILES string of the molecule is O=C1CO[C@H]2CCN(C(=O)N3CC(c4ccccc4)C3)C[C@H]2N1. The number of carbonyl (C=O) groups excluding carboxylic acids is 2. The third kappa shape index (κ3) is 2.79. The van der Waals surface area contributed by atoms with Crippen molar-refractivity contribution in [1.29, 1.82) is 0 Å². The molecular formula is C17H21N3O3. The molecule has 3 amide bonds. The number of amides is 3. The van der Waals surface area contributed by atoms with Gasteiger partial charge in [-0.1, -0.05) is 30.3 Å². The van der Waals surface area contributed by atoms with Crippen molar-refractivity contribution in [3.05, 3.63) is 35.9 Å². The minimum atomic E-state index is -0.0892. The van der Waals surface area contributed by atoms with Crippen LogP contribution >= 0.6 is 0 Å². The molecule has 0 saturated carbocycles. The summed E-state index contributed by atoms with van der Waals surface area (Å²) in [6.45, 7) is 2.93. The molecule has 6 nitrogen and oxygen atoms in total. The Bertz CT molecular complexity index is 600. The number of piperidine rings is 1. The van der Waals surface area contributed by atoms with Crippen molar-refractivity contribution in [1.82, 2.24) is 15.1 Å². The molecule has 0 unspecified atom stereocenters. The molecule has 1 aromatic carbocycles. The van der Waals surface area contributed by atoms with E-state index in [9.17, 15) is 9.59 Å². The van der Waals surface area contributed by atoms with Gasteiger partial charge in [0, 0.05) is 32.1 Å². The summed E-state index contributed by atoms with van der Waals surface area (Å²) in [6, 6.07) is 10.3. The molecule has 3 aliphatic heterocycles. The van der Waals surface area contributed by atoms with E-state index in [0.717, 1.165) is 19.5 Å². The summed E-state index contributed by atoms with van der Waals surface area (Å²) in [7, 11) is 0. The number of benzene rings is 1. The Kier molecular flexibility index (Phi) is 3.69. The first-order valence-electron chi connectivity index (χ1n) is 8.20. The Balaban J connectivity index is 1.33. The van der Waals surface area contributed by atoms with Gasteiger partial charge in [-0.15, -0.1) is 0 Å². The second-order valence-electron chi connectivity index (χ2n) is 6.55. The van der Waals surface area contributed by atoms with E-state index in [2.05, 4.69) is 17.4 Å². The van der Waals surface area contributed by atoms with Gasteiger partial charge in [-0.3, -0.25) is 4.79 Å². The molecule has 6 heteroatoms. The lowest BCUT2D eigenvalue weighted by molar-refractivity contribution is -0.139. The molecule has 3 fully saturated rings. The predicted octanol–water partition coefficient (Wildman–Crippen LogP) is 0.795. The van der Waals surface area contributed by atoms with Crippen LogP contribution in [0.3, 0.4) is 0 Å². The molecule has 1 N–H and O–H groups in total. The average Bonchev–Trinajstić information content (AvgIpc) is 2.53. The van der Waals surface area contributed by atoms with E-state index >= 15 is 0 Å². The number of nitrogens with zero attached hydrogens (tertiary/aromatic N) is 2. The second kappa shape index (κ2) is 5.85. The van der Waals surface area contributed by atoms with E-state index in [1.165, 1.54) is 5.56 Å². The molecule has 0 radical (unpaired) electrons. The highest BCUT2D eigenvalue weighted by Crippen LogP contribution is 2.28. The van der Waals surface area contributed by atoms with Crippen molar-refractivity contribution in [3.8, 4) is 0 Å². The fourth-order valence-electron chi connectivity index (χ4n) is 3.64. The summed E-state index contributed by atoms with van der Waals surface area (Å²) in [5.41, 5.74) is 1.29. The van der Waals surface area contributed by atoms with E-state index in [0.29, 0.717) is 19.0 Å². The van der Waals surface area contributed by atoms with Crippen LogP contribution in [0.5, 0.6) is 0 Å². The number of hydrogen-bond donors (Lipinski definition) is 1. The van der Waals surface area contributed by atoms with Crippen molar-refractivity contribution < 1.29 is 14.3 Å². The fourth-order valence-corrected chi connectivity index (χ4v) is 3.64. The van der Waals surface area contributed by atoms with Crippen LogP contribution in [0, 0.1) is 0 Å². The van der Waals surface area contributed by atoms with Crippen molar-refractivity contribution in [2.45, 2.75) is 24.5 Å². The quantitative estimate of drug-likeness (QED) is 0.834. The summed E-state index contributed by atoms with van der Waals surface area (Å²) in [5.74, 6) is 0.351. The number of urea groups is 1. The highest BCUT2D eigenvalue weighted by atomic mass is 16.5. The summed E-state index contributed by atoms with van der Waals surface area (Å²) in [5, 5.41) is 2.94. The molecule has 0 aliphatic carbocycles. The Morgan fingerprint density at radius 1 is 1.13 bits per heavy atom. The Morgan fingerprint density at radius 2 is 1.91 bits per heavy atom. The summed E-state index contributed by atoms with van der Waals surface area (Å²) >= 11 is 0. The van der Waals surface area contributed by atoms with Gasteiger partial charge in [0.15, 0.2) is 0 Å². The third-order valence-corrected chi connectivity index (χ3v) is 5.02. The number of carbonyl (C=O) groups is 2. The maximum Gasteiger partial charge on any atom is 0.320 e. The Hall–Kier alpha value is -2.08. The first-order chi connectivity index (χ1) is 11.2. The van der Waals surface area contributed by atoms with Crippen LogP contribution in [0.2, 0.25) is 0 Å². The molecule has 2 atom stereocenters. The minimum absolute atomic E-state index is 0.0465. The van der Waals surface area contributed by atoms with Gasteiger partial charge in [0.05, 0.1) is 12.1 Å². The van der Waals surface area contributed by atoms with Crippen LogP contribution < -0.4 is 5.32 Å².